The summed E-state index contributed by atoms with van der Waals surface area (Å²) in [6, 6.07) is 13.1. The van der Waals surface area contributed by atoms with E-state index in [0.717, 1.165) is 37.6 Å². The number of nitrogen functional groups attached to an aromatic ring is 2. The quantitative estimate of drug-likeness (QED) is 0.319. The summed E-state index contributed by atoms with van der Waals surface area (Å²) in [5.41, 5.74) is 14.5. The van der Waals surface area contributed by atoms with Crippen LogP contribution >= 0.6 is 10.8 Å². The monoisotopic (exact) mass is 440 g/mol. The molecule has 7 nitrogen and oxygen atoms in total. The highest BCUT2D eigenvalue weighted by atomic mass is 33.1. The number of nitrogens with zero attached hydrogens (tertiary/aromatic N) is 2. The summed E-state index contributed by atoms with van der Waals surface area (Å²) in [7, 11) is -3.78. The Hall–Kier alpha value is -2.10. The molecule has 0 aliphatic carbocycles. The lowest BCUT2D eigenvalue weighted by Crippen LogP contribution is -2.21. The molecular formula is C20H32N4O3S2. The molecule has 29 heavy (non-hydrogen) atoms. The Morgan fingerprint density at radius 3 is 1.72 bits per heavy atom. The summed E-state index contributed by atoms with van der Waals surface area (Å²) in [6.07, 6.45) is 0. The van der Waals surface area contributed by atoms with Gasteiger partial charge in [-0.25, -0.2) is 0 Å². The first-order valence-corrected chi connectivity index (χ1v) is 12.3. The first-order valence-electron chi connectivity index (χ1n) is 9.56. The van der Waals surface area contributed by atoms with Gasteiger partial charge in [-0.1, -0.05) is 0 Å². The van der Waals surface area contributed by atoms with Crippen molar-refractivity contribution < 1.29 is 13.0 Å². The summed E-state index contributed by atoms with van der Waals surface area (Å²) in [6.45, 7) is 12.0. The van der Waals surface area contributed by atoms with Gasteiger partial charge in [-0.3, -0.25) is 4.55 Å². The zero-order valence-electron chi connectivity index (χ0n) is 17.5. The van der Waals surface area contributed by atoms with Gasteiger partial charge in [0.1, 0.15) is 0 Å². The van der Waals surface area contributed by atoms with Crippen LogP contribution in [-0.2, 0) is 9.15 Å². The Balaban J connectivity index is 0.000000308. The van der Waals surface area contributed by atoms with Crippen molar-refractivity contribution in [2.45, 2.75) is 32.6 Å². The van der Waals surface area contributed by atoms with Gasteiger partial charge in [0.05, 0.1) is 4.90 Å². The average molecular weight is 441 g/mol. The fourth-order valence-electron chi connectivity index (χ4n) is 2.77. The number of hydrogen-bond donors (Lipinski definition) is 3. The largest absolute Gasteiger partial charge is 0.399 e. The minimum Gasteiger partial charge on any atom is -0.399 e. The van der Waals surface area contributed by atoms with Crippen LogP contribution in [-0.4, -0.2) is 39.1 Å². The van der Waals surface area contributed by atoms with E-state index in [4.69, 9.17) is 16.0 Å². The molecule has 0 saturated carbocycles. The van der Waals surface area contributed by atoms with Crippen LogP contribution < -0.4 is 21.3 Å². The van der Waals surface area contributed by atoms with E-state index in [9.17, 15) is 8.42 Å². The van der Waals surface area contributed by atoms with Crippen LogP contribution in [0.2, 0.25) is 0 Å². The number of anilines is 4. The summed E-state index contributed by atoms with van der Waals surface area (Å²) in [4.78, 5) is 4.70. The number of rotatable bonds is 8. The van der Waals surface area contributed by atoms with Gasteiger partial charge in [0.2, 0.25) is 0 Å². The van der Waals surface area contributed by atoms with Crippen molar-refractivity contribution >= 4 is 42.7 Å². The molecule has 2 rings (SSSR count). The lowest BCUT2D eigenvalue weighted by atomic mass is 10.2. The summed E-state index contributed by atoms with van der Waals surface area (Å²) in [5.74, 6) is 0. The normalized spacial score (nSPS) is 10.8. The van der Waals surface area contributed by atoms with Crippen molar-refractivity contribution in [1.82, 2.24) is 0 Å². The summed E-state index contributed by atoms with van der Waals surface area (Å²) >= 11 is 0. The van der Waals surface area contributed by atoms with E-state index >= 15 is 0 Å². The smallest absolute Gasteiger partial charge is 0.324 e. The highest BCUT2D eigenvalue weighted by molar-refractivity contribution is 8.70. The van der Waals surface area contributed by atoms with Gasteiger partial charge < -0.3 is 21.3 Å². The molecule has 0 radical (unpaired) electrons. The van der Waals surface area contributed by atoms with Crippen LogP contribution in [0.3, 0.4) is 0 Å². The molecule has 0 unspecified atom stereocenters. The van der Waals surface area contributed by atoms with E-state index in [1.807, 2.05) is 32.0 Å². The highest BCUT2D eigenvalue weighted by Crippen LogP contribution is 2.32. The molecule has 0 amide bonds. The molecular weight excluding hydrogens is 408 g/mol. The Morgan fingerprint density at radius 2 is 1.28 bits per heavy atom. The third-order valence-electron chi connectivity index (χ3n) is 4.34. The number of hydrogen-bond acceptors (Lipinski definition) is 7. The summed E-state index contributed by atoms with van der Waals surface area (Å²) in [5, 5.41) is 0. The third-order valence-corrected chi connectivity index (χ3v) is 6.26. The molecule has 0 bridgehead atoms. The first-order chi connectivity index (χ1) is 13.6. The molecule has 0 saturated heterocycles. The Labute approximate surface area is 178 Å². The minimum absolute atomic E-state index is 0.337. The van der Waals surface area contributed by atoms with Crippen LogP contribution in [0.5, 0.6) is 0 Å². The maximum Gasteiger partial charge on any atom is 0.324 e. The van der Waals surface area contributed by atoms with Gasteiger partial charge in [-0.15, -0.1) is 0 Å². The van der Waals surface area contributed by atoms with E-state index in [1.165, 1.54) is 5.69 Å². The summed E-state index contributed by atoms with van der Waals surface area (Å²) < 4.78 is 30.5. The lowest BCUT2D eigenvalue weighted by molar-refractivity contribution is 0.503. The van der Waals surface area contributed by atoms with Crippen molar-refractivity contribution in [3.63, 3.8) is 0 Å². The molecule has 0 fully saturated rings. The maximum atomic E-state index is 10.8. The molecule has 0 atom stereocenters. The predicted octanol–water partition coefficient (Wildman–Crippen LogP) is 4.12. The molecule has 5 N–H and O–H groups in total. The van der Waals surface area contributed by atoms with E-state index in [1.54, 1.807) is 12.1 Å². The van der Waals surface area contributed by atoms with Crippen LogP contribution in [0.4, 0.5) is 22.7 Å². The van der Waals surface area contributed by atoms with E-state index in [0.29, 0.717) is 21.4 Å². The first kappa shape index (κ1) is 24.9. The van der Waals surface area contributed by atoms with E-state index in [2.05, 4.69) is 35.8 Å². The molecule has 162 valence electrons. The molecule has 0 spiro atoms. The van der Waals surface area contributed by atoms with Gasteiger partial charge in [0.25, 0.3) is 0 Å². The second kappa shape index (κ2) is 11.8. The van der Waals surface area contributed by atoms with Crippen LogP contribution in [0.25, 0.3) is 0 Å². The van der Waals surface area contributed by atoms with Crippen molar-refractivity contribution in [2.24, 2.45) is 0 Å². The van der Waals surface area contributed by atoms with Gasteiger partial charge >= 0.3 is 9.15 Å². The fourth-order valence-corrected chi connectivity index (χ4v) is 4.44. The van der Waals surface area contributed by atoms with E-state index in [-0.39, 0.29) is 0 Å². The maximum absolute atomic E-state index is 10.8. The zero-order valence-corrected chi connectivity index (χ0v) is 19.1. The Morgan fingerprint density at radius 1 is 0.828 bits per heavy atom. The average Bonchev–Trinajstić information content (AvgIpc) is 2.67. The SMILES string of the molecule is CCN(CC)c1ccc(N)c(SS(=O)(=O)O)c1.CCN(CC)c1ccc(N)cc1. The van der Waals surface area contributed by atoms with Crippen LogP contribution in [0.15, 0.2) is 47.4 Å². The predicted molar refractivity (Wildman–Crippen MR) is 126 cm³/mol. The Bertz CT molecular complexity index is 851. The van der Waals surface area contributed by atoms with Gasteiger partial charge in [0, 0.05) is 59.7 Å². The topological polar surface area (TPSA) is 113 Å². The van der Waals surface area contributed by atoms with Gasteiger partial charge in [-0.2, -0.15) is 8.42 Å². The lowest BCUT2D eigenvalue weighted by Gasteiger charge is -2.21. The molecule has 0 aliphatic heterocycles. The third kappa shape index (κ3) is 8.43. The van der Waals surface area contributed by atoms with Crippen molar-refractivity contribution in [2.75, 3.05) is 47.4 Å². The van der Waals surface area contributed by atoms with Crippen molar-refractivity contribution in [3.05, 3.63) is 42.5 Å². The van der Waals surface area contributed by atoms with Crippen LogP contribution in [0.1, 0.15) is 27.7 Å². The van der Waals surface area contributed by atoms with E-state index < -0.39 is 9.15 Å². The Kier molecular flexibility index (Phi) is 10.1. The molecule has 2 aromatic rings. The van der Waals surface area contributed by atoms with Crippen LogP contribution in [0, 0.1) is 0 Å². The number of nitrogens with two attached hydrogens (primary N) is 2. The molecule has 0 aromatic heterocycles. The highest BCUT2D eigenvalue weighted by Gasteiger charge is 2.13. The minimum atomic E-state index is -4.14. The second-order valence-corrected chi connectivity index (χ2v) is 9.39. The molecule has 0 aliphatic rings. The van der Waals surface area contributed by atoms with Crippen molar-refractivity contribution in [3.8, 4) is 0 Å². The standard InChI is InChI=1S/C10H16N2O3S2.C10H16N2/c1-3-12(4-2)8-5-6-9(11)10(7-8)16-17(13,14)15;1-3-12(4-2)10-7-5-9(11)6-8-10/h5-7H,3-4,11H2,1-2H3,(H,13,14,15);5-8H,3-4,11H2,1-2H3. The second-order valence-electron chi connectivity index (χ2n) is 6.17. The zero-order chi connectivity index (χ0) is 22.0. The fraction of sp³-hybridized carbons (Fsp3) is 0.400. The molecule has 9 heteroatoms. The molecule has 0 heterocycles. The number of benzene rings is 2. The van der Waals surface area contributed by atoms with Crippen molar-refractivity contribution in [1.29, 1.82) is 0 Å². The van der Waals surface area contributed by atoms with Gasteiger partial charge in [-0.05, 0) is 70.2 Å². The van der Waals surface area contributed by atoms with Gasteiger partial charge in [0.15, 0.2) is 0 Å². The molecule has 2 aromatic carbocycles.